The summed E-state index contributed by atoms with van der Waals surface area (Å²) in [6.07, 6.45) is 2.74. The van der Waals surface area contributed by atoms with E-state index in [4.69, 9.17) is 4.42 Å². The first-order valence-electron chi connectivity index (χ1n) is 5.96. The lowest BCUT2D eigenvalue weighted by atomic mass is 10.2. The molecule has 2 heterocycles. The molecule has 21 heavy (non-hydrogen) atoms. The molecule has 0 spiro atoms. The van der Waals surface area contributed by atoms with Gasteiger partial charge in [-0.2, -0.15) is 8.78 Å². The third-order valence-electron chi connectivity index (χ3n) is 2.59. The molecule has 2 rings (SSSR count). The molecule has 1 unspecified atom stereocenters. The van der Waals surface area contributed by atoms with Crippen molar-refractivity contribution in [2.75, 3.05) is 6.61 Å². The topological polar surface area (TPSA) is 75.4 Å². The lowest BCUT2D eigenvalue weighted by molar-refractivity contribution is 0.0903. The molecule has 8 heteroatoms. The summed E-state index contributed by atoms with van der Waals surface area (Å²) in [5.41, 5.74) is 0.0211. The molecule has 0 bridgehead atoms. The van der Waals surface area contributed by atoms with Crippen LogP contribution in [0.1, 0.15) is 22.2 Å². The number of amides is 1. The smallest absolute Gasteiger partial charge is 0.290 e. The van der Waals surface area contributed by atoms with Crippen molar-refractivity contribution >= 4 is 17.7 Å². The standard InChI is InChI=1S/C13H12F2N2O3S/c14-13(15)21-12-8(3-1-5-16-12)11(19)17-9(7-18)10-4-2-6-20-10/h1-6,9,13,18H,7H2,(H,17,19). The number of pyridine rings is 1. The molecular weight excluding hydrogens is 302 g/mol. The van der Waals surface area contributed by atoms with Gasteiger partial charge in [0.2, 0.25) is 0 Å². The van der Waals surface area contributed by atoms with Gasteiger partial charge in [0.15, 0.2) is 0 Å². The quantitative estimate of drug-likeness (QED) is 0.801. The Morgan fingerprint density at radius 1 is 1.43 bits per heavy atom. The average molecular weight is 314 g/mol. The molecular formula is C13H12F2N2O3S. The number of nitrogens with one attached hydrogen (secondary N) is 1. The summed E-state index contributed by atoms with van der Waals surface area (Å²) in [7, 11) is 0. The van der Waals surface area contributed by atoms with Gasteiger partial charge in [0, 0.05) is 6.20 Å². The number of aliphatic hydroxyl groups is 1. The van der Waals surface area contributed by atoms with E-state index in [1.54, 1.807) is 12.1 Å². The Morgan fingerprint density at radius 2 is 2.24 bits per heavy atom. The van der Waals surface area contributed by atoms with Crippen LogP contribution in [0.4, 0.5) is 8.78 Å². The average Bonchev–Trinajstić information content (AvgIpc) is 2.98. The highest BCUT2D eigenvalue weighted by atomic mass is 32.2. The van der Waals surface area contributed by atoms with Gasteiger partial charge in [0.05, 0.1) is 18.4 Å². The first-order valence-corrected chi connectivity index (χ1v) is 6.84. The van der Waals surface area contributed by atoms with E-state index in [1.165, 1.54) is 24.6 Å². The number of rotatable bonds is 6. The van der Waals surface area contributed by atoms with Crippen LogP contribution in [0.25, 0.3) is 0 Å². The van der Waals surface area contributed by atoms with Crippen LogP contribution in [0.5, 0.6) is 0 Å². The van der Waals surface area contributed by atoms with Crippen LogP contribution in [0, 0.1) is 0 Å². The van der Waals surface area contributed by atoms with Gasteiger partial charge in [-0.1, -0.05) is 0 Å². The van der Waals surface area contributed by atoms with Gasteiger partial charge < -0.3 is 14.8 Å². The van der Waals surface area contributed by atoms with Crippen LogP contribution < -0.4 is 5.32 Å². The minimum absolute atomic E-state index is 0.0211. The van der Waals surface area contributed by atoms with E-state index in [1.807, 2.05) is 0 Å². The van der Waals surface area contributed by atoms with Crippen molar-refractivity contribution in [3.63, 3.8) is 0 Å². The molecule has 2 N–H and O–H groups in total. The van der Waals surface area contributed by atoms with Crippen molar-refractivity contribution in [2.24, 2.45) is 0 Å². The highest BCUT2D eigenvalue weighted by Gasteiger charge is 2.21. The summed E-state index contributed by atoms with van der Waals surface area (Å²) in [4.78, 5) is 15.9. The SMILES string of the molecule is O=C(NC(CO)c1ccco1)c1cccnc1SC(F)F. The number of furan rings is 1. The zero-order valence-electron chi connectivity index (χ0n) is 10.7. The zero-order valence-corrected chi connectivity index (χ0v) is 11.5. The highest BCUT2D eigenvalue weighted by Crippen LogP contribution is 2.26. The van der Waals surface area contributed by atoms with Gasteiger partial charge in [-0.05, 0) is 36.0 Å². The molecule has 5 nitrogen and oxygen atoms in total. The van der Waals surface area contributed by atoms with Crippen molar-refractivity contribution in [2.45, 2.75) is 16.8 Å². The lowest BCUT2D eigenvalue weighted by Crippen LogP contribution is -2.31. The van der Waals surface area contributed by atoms with Gasteiger partial charge in [0.1, 0.15) is 16.8 Å². The van der Waals surface area contributed by atoms with E-state index in [9.17, 15) is 18.7 Å². The van der Waals surface area contributed by atoms with E-state index in [0.717, 1.165) is 0 Å². The molecule has 0 saturated carbocycles. The lowest BCUT2D eigenvalue weighted by Gasteiger charge is -2.15. The normalized spacial score (nSPS) is 12.4. The molecule has 0 aliphatic rings. The van der Waals surface area contributed by atoms with E-state index in [2.05, 4.69) is 10.3 Å². The van der Waals surface area contributed by atoms with Crippen molar-refractivity contribution in [1.82, 2.24) is 10.3 Å². The number of halogens is 2. The van der Waals surface area contributed by atoms with Gasteiger partial charge >= 0.3 is 0 Å². The summed E-state index contributed by atoms with van der Waals surface area (Å²) >= 11 is 0.194. The monoisotopic (exact) mass is 314 g/mol. The Labute approximate surface area is 123 Å². The van der Waals surface area contributed by atoms with Crippen LogP contribution in [0.15, 0.2) is 46.2 Å². The van der Waals surface area contributed by atoms with Crippen LogP contribution >= 0.6 is 11.8 Å². The minimum Gasteiger partial charge on any atom is -0.467 e. The van der Waals surface area contributed by atoms with Gasteiger partial charge in [0.25, 0.3) is 11.7 Å². The fourth-order valence-electron chi connectivity index (χ4n) is 1.67. The van der Waals surface area contributed by atoms with Gasteiger partial charge in [-0.15, -0.1) is 0 Å². The van der Waals surface area contributed by atoms with Gasteiger partial charge in [-0.3, -0.25) is 4.79 Å². The molecule has 0 fully saturated rings. The molecule has 0 aliphatic carbocycles. The summed E-state index contributed by atoms with van der Waals surface area (Å²) in [6.45, 7) is -0.378. The fraction of sp³-hybridized carbons (Fsp3) is 0.231. The summed E-state index contributed by atoms with van der Waals surface area (Å²) in [6, 6.07) is 5.33. The molecule has 1 amide bonds. The maximum absolute atomic E-state index is 12.5. The number of carbonyl (C=O) groups is 1. The van der Waals surface area contributed by atoms with Crippen LogP contribution in [0.3, 0.4) is 0 Å². The number of carbonyl (C=O) groups excluding carboxylic acids is 1. The Morgan fingerprint density at radius 3 is 2.86 bits per heavy atom. The Hall–Kier alpha value is -1.93. The second-order valence-corrected chi connectivity index (χ2v) is 4.94. The number of alkyl halides is 2. The summed E-state index contributed by atoms with van der Waals surface area (Å²) in [5.74, 6) is -2.91. The molecule has 112 valence electrons. The third kappa shape index (κ3) is 4.02. The maximum Gasteiger partial charge on any atom is 0.290 e. The van der Waals surface area contributed by atoms with Crippen molar-refractivity contribution < 1.29 is 23.1 Å². The van der Waals surface area contributed by atoms with Crippen LogP contribution in [-0.2, 0) is 0 Å². The predicted molar refractivity (Wildman–Crippen MR) is 72.1 cm³/mol. The molecule has 2 aromatic heterocycles. The Bertz CT molecular complexity index is 593. The first kappa shape index (κ1) is 15.5. The number of nitrogens with zero attached hydrogens (tertiary/aromatic N) is 1. The number of thioether (sulfide) groups is 1. The maximum atomic E-state index is 12.5. The van der Waals surface area contributed by atoms with E-state index in [-0.39, 0.29) is 29.0 Å². The van der Waals surface area contributed by atoms with Crippen LogP contribution in [0.2, 0.25) is 0 Å². The minimum atomic E-state index is -2.68. The summed E-state index contributed by atoms with van der Waals surface area (Å²) in [5, 5.41) is 11.7. The fourth-order valence-corrected chi connectivity index (χ4v) is 2.25. The number of aliphatic hydroxyl groups excluding tert-OH is 1. The number of aromatic nitrogens is 1. The van der Waals surface area contributed by atoms with E-state index >= 15 is 0 Å². The largest absolute Gasteiger partial charge is 0.467 e. The van der Waals surface area contributed by atoms with E-state index in [0.29, 0.717) is 5.76 Å². The van der Waals surface area contributed by atoms with E-state index < -0.39 is 17.7 Å². The molecule has 0 aromatic carbocycles. The molecule has 0 aliphatic heterocycles. The Balaban J connectivity index is 2.16. The van der Waals surface area contributed by atoms with Crippen molar-refractivity contribution in [1.29, 1.82) is 0 Å². The van der Waals surface area contributed by atoms with Crippen molar-refractivity contribution in [3.8, 4) is 0 Å². The van der Waals surface area contributed by atoms with Gasteiger partial charge in [-0.25, -0.2) is 4.98 Å². The highest BCUT2D eigenvalue weighted by molar-refractivity contribution is 7.99. The molecule has 1 atom stereocenters. The number of hydrogen-bond donors (Lipinski definition) is 2. The Kier molecular flexibility index (Phi) is 5.29. The predicted octanol–water partition coefficient (Wildman–Crippen LogP) is 2.45. The second-order valence-electron chi connectivity index (χ2n) is 3.96. The van der Waals surface area contributed by atoms with Crippen LogP contribution in [-0.4, -0.2) is 28.4 Å². The third-order valence-corrected chi connectivity index (χ3v) is 3.32. The first-order chi connectivity index (χ1) is 10.1. The summed E-state index contributed by atoms with van der Waals surface area (Å²) < 4.78 is 30.0. The zero-order chi connectivity index (χ0) is 15.2. The number of hydrogen-bond acceptors (Lipinski definition) is 5. The molecule has 2 aromatic rings. The molecule has 0 radical (unpaired) electrons. The second kappa shape index (κ2) is 7.19. The molecule has 0 saturated heterocycles. The van der Waals surface area contributed by atoms with Crippen molar-refractivity contribution in [3.05, 3.63) is 48.0 Å².